The van der Waals surface area contributed by atoms with Crippen molar-refractivity contribution in [3.8, 4) is 0 Å². The Hall–Kier alpha value is -2.56. The van der Waals surface area contributed by atoms with Gasteiger partial charge in [0.15, 0.2) is 0 Å². The average molecular weight is 342 g/mol. The first kappa shape index (κ1) is 18.8. The smallest absolute Gasteiger partial charge is 0.346 e. The Morgan fingerprint density at radius 2 is 1.40 bits per heavy atom. The molecule has 0 aromatic heterocycles. The van der Waals surface area contributed by atoms with E-state index in [9.17, 15) is 9.59 Å². The maximum Gasteiger partial charge on any atom is 0.346 e. The van der Waals surface area contributed by atoms with Crippen LogP contribution >= 0.6 is 0 Å². The second-order valence-corrected chi connectivity index (χ2v) is 6.98. The Bertz CT molecular complexity index is 778. The van der Waals surface area contributed by atoms with E-state index in [1.165, 1.54) is 0 Å². The molecule has 2 rings (SSSR count). The van der Waals surface area contributed by atoms with Gasteiger partial charge in [-0.2, -0.15) is 0 Å². The van der Waals surface area contributed by atoms with Crippen molar-refractivity contribution in [1.82, 2.24) is 0 Å². The van der Waals surface area contributed by atoms with E-state index in [-0.39, 0.29) is 0 Å². The maximum absolute atomic E-state index is 12.2. The molecule has 0 aliphatic carbocycles. The Morgan fingerprint density at radius 3 is 1.80 bits per heavy atom. The highest BCUT2D eigenvalue weighted by molar-refractivity contribution is 6.20. The van der Waals surface area contributed by atoms with E-state index in [1.54, 1.807) is 6.08 Å². The predicted octanol–water partition coefficient (Wildman–Crippen LogP) is 3.24. The molecule has 0 unspecified atom stereocenters. The fourth-order valence-corrected chi connectivity index (χ4v) is 3.20. The minimum Gasteiger partial charge on any atom is -0.386 e. The molecule has 1 aromatic carbocycles. The van der Waals surface area contributed by atoms with Crippen molar-refractivity contribution in [3.05, 3.63) is 39.5 Å². The number of carbonyl (C=O) groups is 2. The SMILES string of the molecule is CC(C)=C1C(=O)OC(=O)C1=Cc1c(C)c(N(C)C)cc(N(C)C)c1C. The van der Waals surface area contributed by atoms with Gasteiger partial charge in [-0.3, -0.25) is 0 Å². The summed E-state index contributed by atoms with van der Waals surface area (Å²) in [6.45, 7) is 7.67. The van der Waals surface area contributed by atoms with Gasteiger partial charge in [0.05, 0.1) is 11.1 Å². The first-order valence-corrected chi connectivity index (χ1v) is 8.21. The lowest BCUT2D eigenvalue weighted by atomic mass is 9.94. The van der Waals surface area contributed by atoms with Crippen molar-refractivity contribution in [1.29, 1.82) is 0 Å². The lowest BCUT2D eigenvalue weighted by Gasteiger charge is -2.25. The lowest BCUT2D eigenvalue weighted by Crippen LogP contribution is -2.16. The third-order valence-corrected chi connectivity index (χ3v) is 4.48. The predicted molar refractivity (Wildman–Crippen MR) is 102 cm³/mol. The molecule has 1 aliphatic heterocycles. The molecule has 0 radical (unpaired) electrons. The summed E-state index contributed by atoms with van der Waals surface area (Å²) in [6.07, 6.45) is 1.79. The van der Waals surface area contributed by atoms with Crippen LogP contribution in [-0.4, -0.2) is 40.1 Å². The van der Waals surface area contributed by atoms with Crippen molar-refractivity contribution in [2.75, 3.05) is 38.0 Å². The summed E-state index contributed by atoms with van der Waals surface area (Å²) in [7, 11) is 7.96. The molecule has 0 amide bonds. The Morgan fingerprint density at radius 1 is 0.920 bits per heavy atom. The molecule has 25 heavy (non-hydrogen) atoms. The number of rotatable bonds is 3. The summed E-state index contributed by atoms with van der Waals surface area (Å²) in [5.41, 5.74) is 6.66. The highest BCUT2D eigenvalue weighted by Gasteiger charge is 2.34. The van der Waals surface area contributed by atoms with Crippen LogP contribution < -0.4 is 9.80 Å². The third kappa shape index (κ3) is 3.31. The van der Waals surface area contributed by atoms with Crippen molar-refractivity contribution in [2.24, 2.45) is 0 Å². The first-order chi connectivity index (χ1) is 11.6. The van der Waals surface area contributed by atoms with E-state index >= 15 is 0 Å². The van der Waals surface area contributed by atoms with Crippen molar-refractivity contribution >= 4 is 29.4 Å². The minimum absolute atomic E-state index is 0.330. The van der Waals surface area contributed by atoms with Crippen LogP contribution in [0.25, 0.3) is 6.08 Å². The number of hydrogen-bond donors (Lipinski definition) is 0. The molecular weight excluding hydrogens is 316 g/mol. The van der Waals surface area contributed by atoms with Crippen molar-refractivity contribution < 1.29 is 14.3 Å². The van der Waals surface area contributed by atoms with Crippen molar-refractivity contribution in [3.63, 3.8) is 0 Å². The van der Waals surface area contributed by atoms with Gasteiger partial charge in [0.25, 0.3) is 0 Å². The van der Waals surface area contributed by atoms with Crippen LogP contribution in [0.2, 0.25) is 0 Å². The van der Waals surface area contributed by atoms with Gasteiger partial charge in [0.2, 0.25) is 0 Å². The van der Waals surface area contributed by atoms with Gasteiger partial charge in [0, 0.05) is 39.6 Å². The van der Waals surface area contributed by atoms with E-state index in [0.29, 0.717) is 11.1 Å². The van der Waals surface area contributed by atoms with E-state index in [2.05, 4.69) is 6.07 Å². The monoisotopic (exact) mass is 342 g/mol. The van der Waals surface area contributed by atoms with Crippen LogP contribution in [0.3, 0.4) is 0 Å². The molecule has 1 heterocycles. The van der Waals surface area contributed by atoms with Gasteiger partial charge in [-0.15, -0.1) is 0 Å². The van der Waals surface area contributed by atoms with Gasteiger partial charge in [-0.25, -0.2) is 9.59 Å². The summed E-state index contributed by atoms with van der Waals surface area (Å²) in [5, 5.41) is 0. The minimum atomic E-state index is -0.582. The second-order valence-electron chi connectivity index (χ2n) is 6.98. The number of cyclic esters (lactones) is 2. The van der Waals surface area contributed by atoms with Crippen LogP contribution in [0.4, 0.5) is 11.4 Å². The molecule has 134 valence electrons. The Labute approximate surface area is 149 Å². The number of benzene rings is 1. The zero-order chi connectivity index (χ0) is 19.0. The summed E-state index contributed by atoms with van der Waals surface area (Å²) in [6, 6.07) is 2.13. The average Bonchev–Trinajstić information content (AvgIpc) is 2.76. The summed E-state index contributed by atoms with van der Waals surface area (Å²) < 4.78 is 4.83. The third-order valence-electron chi connectivity index (χ3n) is 4.48. The van der Waals surface area contributed by atoms with E-state index in [1.807, 2.05) is 65.7 Å². The number of carbonyl (C=O) groups excluding carboxylic acids is 2. The van der Waals surface area contributed by atoms with Gasteiger partial charge < -0.3 is 14.5 Å². The van der Waals surface area contributed by atoms with Crippen LogP contribution in [0, 0.1) is 13.8 Å². The lowest BCUT2D eigenvalue weighted by molar-refractivity contribution is -0.149. The highest BCUT2D eigenvalue weighted by atomic mass is 16.6. The van der Waals surface area contributed by atoms with Gasteiger partial charge in [-0.05, 0) is 56.5 Å². The molecule has 1 fully saturated rings. The zero-order valence-electron chi connectivity index (χ0n) is 16.3. The topological polar surface area (TPSA) is 49.9 Å². The van der Waals surface area contributed by atoms with Crippen LogP contribution in [-0.2, 0) is 14.3 Å². The summed E-state index contributed by atoms with van der Waals surface area (Å²) in [5.74, 6) is -1.15. The molecule has 0 atom stereocenters. The van der Waals surface area contributed by atoms with Crippen LogP contribution in [0.15, 0.2) is 22.8 Å². The van der Waals surface area contributed by atoms with Gasteiger partial charge in [-0.1, -0.05) is 5.57 Å². The molecule has 1 aromatic rings. The van der Waals surface area contributed by atoms with Gasteiger partial charge >= 0.3 is 11.9 Å². The molecule has 0 bridgehead atoms. The number of allylic oxidation sites excluding steroid dienone is 1. The molecule has 1 saturated heterocycles. The fourth-order valence-electron chi connectivity index (χ4n) is 3.20. The summed E-state index contributed by atoms with van der Waals surface area (Å²) >= 11 is 0. The standard InChI is InChI=1S/C20H26N2O3/c1-11(2)18-15(19(23)25-20(18)24)9-14-12(3)16(21(5)6)10-17(13(14)4)22(7)8/h9-10H,1-8H3. The van der Waals surface area contributed by atoms with E-state index < -0.39 is 11.9 Å². The van der Waals surface area contributed by atoms with E-state index in [0.717, 1.165) is 33.6 Å². The molecular formula is C20H26N2O3. The number of ether oxygens (including phenoxy) is 1. The maximum atomic E-state index is 12.2. The van der Waals surface area contributed by atoms with Crippen molar-refractivity contribution in [2.45, 2.75) is 27.7 Å². The quantitative estimate of drug-likeness (QED) is 0.479. The van der Waals surface area contributed by atoms with Gasteiger partial charge in [0.1, 0.15) is 0 Å². The van der Waals surface area contributed by atoms with Crippen LogP contribution in [0.1, 0.15) is 30.5 Å². The second kappa shape index (κ2) is 6.75. The number of hydrogen-bond acceptors (Lipinski definition) is 5. The number of nitrogens with zero attached hydrogens (tertiary/aromatic N) is 2. The largest absolute Gasteiger partial charge is 0.386 e. The highest BCUT2D eigenvalue weighted by Crippen LogP contribution is 2.36. The molecule has 0 spiro atoms. The first-order valence-electron chi connectivity index (χ1n) is 8.21. The number of anilines is 2. The molecule has 1 aliphatic rings. The Balaban J connectivity index is 2.81. The summed E-state index contributed by atoms with van der Waals surface area (Å²) in [4.78, 5) is 28.3. The normalized spacial score (nSPS) is 15.7. The molecule has 0 N–H and O–H groups in total. The Kier molecular flexibility index (Phi) is 5.07. The molecule has 5 heteroatoms. The fraction of sp³-hybridized carbons (Fsp3) is 0.400. The van der Waals surface area contributed by atoms with Crippen LogP contribution in [0.5, 0.6) is 0 Å². The zero-order valence-corrected chi connectivity index (χ0v) is 16.3. The molecule has 5 nitrogen and oxygen atoms in total. The van der Waals surface area contributed by atoms with E-state index in [4.69, 9.17) is 4.74 Å². The molecule has 0 saturated carbocycles. The number of esters is 2.